The van der Waals surface area contributed by atoms with E-state index in [0.717, 1.165) is 0 Å². The van der Waals surface area contributed by atoms with Crippen LogP contribution in [0, 0.1) is 0 Å². The number of alkyl halides is 3. The maximum atomic E-state index is 12.0. The molecule has 1 amide bonds. The summed E-state index contributed by atoms with van der Waals surface area (Å²) in [6.07, 6.45) is -4.66. The van der Waals surface area contributed by atoms with Crippen molar-refractivity contribution < 1.29 is 27.5 Å². The molecule has 1 rings (SSSR count). The van der Waals surface area contributed by atoms with Crippen LogP contribution in [-0.4, -0.2) is 31.6 Å². The minimum Gasteiger partial charge on any atom is -0.384 e. The second-order valence-corrected chi connectivity index (χ2v) is 4.04. The first-order chi connectivity index (χ1) is 9.34. The molecule has 0 unspecified atom stereocenters. The van der Waals surface area contributed by atoms with Gasteiger partial charge in [-0.3, -0.25) is 9.59 Å². The highest BCUT2D eigenvalue weighted by Gasteiger charge is 2.38. The third kappa shape index (κ3) is 5.00. The molecule has 0 aliphatic heterocycles. The van der Waals surface area contributed by atoms with Gasteiger partial charge in [-0.25, -0.2) is 0 Å². The van der Waals surface area contributed by atoms with Gasteiger partial charge in [-0.05, 0) is 5.56 Å². The summed E-state index contributed by atoms with van der Waals surface area (Å²) < 4.78 is 40.7. The van der Waals surface area contributed by atoms with Crippen molar-refractivity contribution in [2.75, 3.05) is 13.7 Å². The molecule has 0 aromatic heterocycles. The van der Waals surface area contributed by atoms with E-state index in [2.05, 4.69) is 0 Å². The summed E-state index contributed by atoms with van der Waals surface area (Å²) >= 11 is 0. The molecule has 7 heteroatoms. The van der Waals surface area contributed by atoms with Gasteiger partial charge in [-0.2, -0.15) is 13.2 Å². The highest BCUT2D eigenvalue weighted by molar-refractivity contribution is 5.96. The lowest BCUT2D eigenvalue weighted by molar-refractivity contribution is -0.173. The number of carbonyl (C=O) groups is 2. The van der Waals surface area contributed by atoms with Crippen molar-refractivity contribution in [2.24, 2.45) is 0 Å². The predicted molar refractivity (Wildman–Crippen MR) is 65.2 cm³/mol. The van der Waals surface area contributed by atoms with E-state index in [4.69, 9.17) is 4.74 Å². The van der Waals surface area contributed by atoms with E-state index in [9.17, 15) is 22.8 Å². The summed E-state index contributed by atoms with van der Waals surface area (Å²) in [6.45, 7) is 0.0626. The lowest BCUT2D eigenvalue weighted by Gasteiger charge is -2.08. The molecule has 1 aromatic carbocycles. The Bertz CT molecular complexity index is 469. The number of halogens is 3. The molecular formula is C13H14F3NO3. The first-order valence-electron chi connectivity index (χ1n) is 5.80. The van der Waals surface area contributed by atoms with Gasteiger partial charge in [0.1, 0.15) is 0 Å². The fraction of sp³-hybridized carbons (Fsp3) is 0.385. The lowest BCUT2D eigenvalue weighted by atomic mass is 10.1. The van der Waals surface area contributed by atoms with Crippen LogP contribution < -0.4 is 5.32 Å². The van der Waals surface area contributed by atoms with Crippen LogP contribution in [0.1, 0.15) is 22.3 Å². The third-order valence-corrected chi connectivity index (χ3v) is 2.52. The second kappa shape index (κ2) is 7.04. The van der Waals surface area contributed by atoms with E-state index in [1.54, 1.807) is 5.32 Å². The first kappa shape index (κ1) is 16.2. The molecule has 0 saturated carbocycles. The van der Waals surface area contributed by atoms with Crippen LogP contribution in [0.2, 0.25) is 0 Å². The fourth-order valence-corrected chi connectivity index (χ4v) is 1.43. The molecule has 0 saturated heterocycles. The Morgan fingerprint density at radius 1 is 1.20 bits per heavy atom. The maximum Gasteiger partial charge on any atom is 0.471 e. The van der Waals surface area contributed by atoms with Gasteiger partial charge in [-0.1, -0.05) is 24.3 Å². The minimum atomic E-state index is -4.89. The Kier molecular flexibility index (Phi) is 5.69. The van der Waals surface area contributed by atoms with E-state index in [1.807, 2.05) is 0 Å². The number of carbonyl (C=O) groups excluding carboxylic acids is 2. The third-order valence-electron chi connectivity index (χ3n) is 2.52. The largest absolute Gasteiger partial charge is 0.471 e. The number of nitrogens with one attached hydrogen (secondary N) is 1. The van der Waals surface area contributed by atoms with Crippen LogP contribution in [0.25, 0.3) is 0 Å². The van der Waals surface area contributed by atoms with Crippen LogP contribution in [0.15, 0.2) is 24.3 Å². The number of hydrogen-bond donors (Lipinski definition) is 1. The summed E-state index contributed by atoms with van der Waals surface area (Å²) in [4.78, 5) is 22.2. The van der Waals surface area contributed by atoms with E-state index in [1.165, 1.54) is 31.4 Å². The highest BCUT2D eigenvalue weighted by Crippen LogP contribution is 2.14. The van der Waals surface area contributed by atoms with Crippen molar-refractivity contribution in [1.29, 1.82) is 0 Å². The number of rotatable bonds is 6. The topological polar surface area (TPSA) is 55.4 Å². The van der Waals surface area contributed by atoms with E-state index < -0.39 is 12.1 Å². The van der Waals surface area contributed by atoms with Crippen molar-refractivity contribution in [3.05, 3.63) is 35.4 Å². The molecule has 1 N–H and O–H groups in total. The Morgan fingerprint density at radius 2 is 1.80 bits per heavy atom. The first-order valence-corrected chi connectivity index (χ1v) is 5.80. The molecular weight excluding hydrogens is 275 g/mol. The molecule has 0 fully saturated rings. The van der Waals surface area contributed by atoms with Crippen molar-refractivity contribution in [3.8, 4) is 0 Å². The molecule has 0 atom stereocenters. The maximum absolute atomic E-state index is 12.0. The standard InChI is InChI=1S/C13H14F3NO3/c1-20-7-6-11(18)10-4-2-9(3-5-10)8-17-12(19)13(14,15)16/h2-5H,6-8H2,1H3,(H,17,19). The number of benzene rings is 1. The summed E-state index contributed by atoms with van der Waals surface area (Å²) in [5, 5.41) is 1.75. The summed E-state index contributed by atoms with van der Waals surface area (Å²) in [5.41, 5.74) is 0.929. The van der Waals surface area contributed by atoms with Gasteiger partial charge in [0.05, 0.1) is 6.61 Å². The molecule has 110 valence electrons. The number of methoxy groups -OCH3 is 1. The van der Waals surface area contributed by atoms with Gasteiger partial charge in [0.15, 0.2) is 5.78 Å². The second-order valence-electron chi connectivity index (χ2n) is 4.04. The van der Waals surface area contributed by atoms with E-state index in [0.29, 0.717) is 17.7 Å². The molecule has 20 heavy (non-hydrogen) atoms. The van der Waals surface area contributed by atoms with Crippen LogP contribution in [0.4, 0.5) is 13.2 Å². The predicted octanol–water partition coefficient (Wildman–Crippen LogP) is 2.08. The van der Waals surface area contributed by atoms with Gasteiger partial charge in [0.2, 0.25) is 0 Å². The molecule has 0 aliphatic carbocycles. The van der Waals surface area contributed by atoms with Gasteiger partial charge in [0.25, 0.3) is 0 Å². The smallest absolute Gasteiger partial charge is 0.384 e. The molecule has 0 spiro atoms. The van der Waals surface area contributed by atoms with Crippen LogP contribution in [0.3, 0.4) is 0 Å². The molecule has 1 aromatic rings. The van der Waals surface area contributed by atoms with Crippen LogP contribution >= 0.6 is 0 Å². The Hall–Kier alpha value is -1.89. The summed E-state index contributed by atoms with van der Waals surface area (Å²) in [6, 6.07) is 6.01. The zero-order valence-corrected chi connectivity index (χ0v) is 10.8. The van der Waals surface area contributed by atoms with Gasteiger partial charge in [-0.15, -0.1) is 0 Å². The number of ether oxygens (including phenoxy) is 1. The molecule has 4 nitrogen and oxygen atoms in total. The normalized spacial score (nSPS) is 11.2. The Labute approximate surface area is 113 Å². The Balaban J connectivity index is 2.55. The fourth-order valence-electron chi connectivity index (χ4n) is 1.43. The Morgan fingerprint density at radius 3 is 2.30 bits per heavy atom. The minimum absolute atomic E-state index is 0.113. The molecule has 0 heterocycles. The SMILES string of the molecule is COCCC(=O)c1ccc(CNC(=O)C(F)(F)F)cc1. The summed E-state index contributed by atoms with van der Waals surface area (Å²) in [5.74, 6) is -2.10. The zero-order valence-electron chi connectivity index (χ0n) is 10.8. The quantitative estimate of drug-likeness (QED) is 0.816. The number of hydrogen-bond acceptors (Lipinski definition) is 3. The number of Topliss-reactive ketones (excluding diaryl/α,β-unsaturated/α-hetero) is 1. The van der Waals surface area contributed by atoms with E-state index >= 15 is 0 Å². The molecule has 0 bridgehead atoms. The van der Waals surface area contributed by atoms with Crippen molar-refractivity contribution >= 4 is 11.7 Å². The molecule has 0 radical (unpaired) electrons. The van der Waals surface area contributed by atoms with Crippen LogP contribution in [0.5, 0.6) is 0 Å². The van der Waals surface area contributed by atoms with Crippen molar-refractivity contribution in [1.82, 2.24) is 5.32 Å². The average Bonchev–Trinajstić information content (AvgIpc) is 2.41. The summed E-state index contributed by atoms with van der Waals surface area (Å²) in [7, 11) is 1.49. The number of amides is 1. The monoisotopic (exact) mass is 289 g/mol. The average molecular weight is 289 g/mol. The van der Waals surface area contributed by atoms with Crippen LogP contribution in [-0.2, 0) is 16.1 Å². The lowest BCUT2D eigenvalue weighted by Crippen LogP contribution is -2.36. The van der Waals surface area contributed by atoms with Gasteiger partial charge >= 0.3 is 12.1 Å². The van der Waals surface area contributed by atoms with Crippen molar-refractivity contribution in [3.63, 3.8) is 0 Å². The molecule has 0 aliphatic rings. The van der Waals surface area contributed by atoms with E-state index in [-0.39, 0.29) is 18.7 Å². The van der Waals surface area contributed by atoms with Crippen molar-refractivity contribution in [2.45, 2.75) is 19.1 Å². The number of ketones is 1. The van der Waals surface area contributed by atoms with Gasteiger partial charge < -0.3 is 10.1 Å². The van der Waals surface area contributed by atoms with Gasteiger partial charge in [0, 0.05) is 25.6 Å². The zero-order chi connectivity index (χ0) is 15.2. The highest BCUT2D eigenvalue weighted by atomic mass is 19.4.